The summed E-state index contributed by atoms with van der Waals surface area (Å²) in [6.45, 7) is 2.08. The van der Waals surface area contributed by atoms with E-state index in [1.165, 1.54) is 11.3 Å². The molecule has 0 amide bonds. The molecule has 0 saturated carbocycles. The zero-order chi connectivity index (χ0) is 14.7. The van der Waals surface area contributed by atoms with Gasteiger partial charge in [-0.05, 0) is 12.5 Å². The highest BCUT2D eigenvalue weighted by atomic mass is 32.1. The van der Waals surface area contributed by atoms with Crippen LogP contribution in [0.3, 0.4) is 0 Å². The molecule has 1 N–H and O–H groups in total. The van der Waals surface area contributed by atoms with Crippen LogP contribution in [0.15, 0.2) is 18.3 Å². The molecule has 20 heavy (non-hydrogen) atoms. The van der Waals surface area contributed by atoms with Gasteiger partial charge in [0.2, 0.25) is 0 Å². The van der Waals surface area contributed by atoms with Gasteiger partial charge in [0.05, 0.1) is 11.5 Å². The van der Waals surface area contributed by atoms with Crippen LogP contribution >= 0.6 is 11.3 Å². The van der Waals surface area contributed by atoms with Gasteiger partial charge < -0.3 is 5.32 Å². The lowest BCUT2D eigenvalue weighted by Crippen LogP contribution is -2.06. The van der Waals surface area contributed by atoms with Gasteiger partial charge in [-0.15, -0.1) is 11.3 Å². The van der Waals surface area contributed by atoms with E-state index in [-0.39, 0.29) is 6.54 Å². The highest BCUT2D eigenvalue weighted by molar-refractivity contribution is 7.11. The molecule has 0 saturated heterocycles. The Bertz CT molecular complexity index is 646. The number of aryl methyl sites for hydroxylation is 1. The maximum Gasteiger partial charge on any atom is 0.295 e. The normalized spacial score (nSPS) is 10.6. The van der Waals surface area contributed by atoms with E-state index in [0.29, 0.717) is 5.01 Å². The van der Waals surface area contributed by atoms with Gasteiger partial charge in [-0.3, -0.25) is 10.1 Å². The van der Waals surface area contributed by atoms with Crippen molar-refractivity contribution in [1.29, 1.82) is 0 Å². The number of nitrogens with one attached hydrogen (secondary N) is 1. The van der Waals surface area contributed by atoms with Crippen LogP contribution in [0, 0.1) is 21.7 Å². The summed E-state index contributed by atoms with van der Waals surface area (Å²) in [7, 11) is 0. The molecule has 0 aliphatic heterocycles. The summed E-state index contributed by atoms with van der Waals surface area (Å²) in [5.74, 6) is -2.39. The second-order valence-electron chi connectivity index (χ2n) is 3.94. The van der Waals surface area contributed by atoms with Crippen LogP contribution in [0.2, 0.25) is 0 Å². The van der Waals surface area contributed by atoms with Crippen LogP contribution < -0.4 is 5.32 Å². The summed E-state index contributed by atoms with van der Waals surface area (Å²) in [6, 6.07) is 1.66. The van der Waals surface area contributed by atoms with Crippen LogP contribution in [-0.4, -0.2) is 9.91 Å². The molecule has 0 atom stereocenters. The molecule has 2 rings (SSSR count). The van der Waals surface area contributed by atoms with Gasteiger partial charge in [0.15, 0.2) is 17.3 Å². The first-order chi connectivity index (χ1) is 9.52. The Morgan fingerprint density at radius 2 is 2.20 bits per heavy atom. The van der Waals surface area contributed by atoms with Crippen LogP contribution in [0.25, 0.3) is 0 Å². The number of hydrogen-bond donors (Lipinski definition) is 1. The number of benzene rings is 1. The molecule has 0 bridgehead atoms. The fourth-order valence-electron chi connectivity index (χ4n) is 1.62. The van der Waals surface area contributed by atoms with Crippen LogP contribution in [0.4, 0.5) is 20.2 Å². The molecule has 0 aliphatic rings. The van der Waals surface area contributed by atoms with Crippen molar-refractivity contribution in [2.45, 2.75) is 19.9 Å². The Morgan fingerprint density at radius 1 is 1.45 bits per heavy atom. The Kier molecular flexibility index (Phi) is 4.23. The predicted molar refractivity (Wildman–Crippen MR) is 71.8 cm³/mol. The SMILES string of the molecule is CCc1cnc(CNc2c([N+](=O)[O-])ccc(F)c2F)s1. The topological polar surface area (TPSA) is 68.1 Å². The maximum absolute atomic E-state index is 13.6. The van der Waals surface area contributed by atoms with E-state index in [1.807, 2.05) is 6.92 Å². The first-order valence-corrected chi connectivity index (χ1v) is 6.64. The summed E-state index contributed by atoms with van der Waals surface area (Å²) in [5.41, 5.74) is -0.959. The number of nitro benzene ring substituents is 1. The molecule has 106 valence electrons. The number of nitro groups is 1. The van der Waals surface area contributed by atoms with Crippen LogP contribution in [0.1, 0.15) is 16.8 Å². The smallest absolute Gasteiger partial charge is 0.295 e. The third kappa shape index (κ3) is 2.90. The van der Waals surface area contributed by atoms with E-state index >= 15 is 0 Å². The van der Waals surface area contributed by atoms with Crippen molar-refractivity contribution in [3.05, 3.63) is 50.0 Å². The van der Waals surface area contributed by atoms with E-state index in [1.54, 1.807) is 6.20 Å². The van der Waals surface area contributed by atoms with Gasteiger partial charge in [-0.2, -0.15) is 0 Å². The summed E-state index contributed by atoms with van der Waals surface area (Å²) < 4.78 is 26.8. The van der Waals surface area contributed by atoms with E-state index in [0.717, 1.165) is 23.4 Å². The zero-order valence-electron chi connectivity index (χ0n) is 10.5. The second kappa shape index (κ2) is 5.91. The number of aromatic nitrogens is 1. The molecule has 1 aromatic heterocycles. The zero-order valence-corrected chi connectivity index (χ0v) is 11.3. The van der Waals surface area contributed by atoms with E-state index in [2.05, 4.69) is 10.3 Å². The molecule has 0 aliphatic carbocycles. The summed E-state index contributed by atoms with van der Waals surface area (Å²) in [6.07, 6.45) is 2.52. The minimum atomic E-state index is -1.26. The maximum atomic E-state index is 13.6. The van der Waals surface area contributed by atoms with Gasteiger partial charge in [0.25, 0.3) is 5.69 Å². The summed E-state index contributed by atoms with van der Waals surface area (Å²) >= 11 is 1.42. The molecule has 2 aromatic rings. The highest BCUT2D eigenvalue weighted by Crippen LogP contribution is 2.29. The Hall–Kier alpha value is -2.09. The molecule has 0 radical (unpaired) electrons. The lowest BCUT2D eigenvalue weighted by Gasteiger charge is -2.07. The number of thiazole rings is 1. The lowest BCUT2D eigenvalue weighted by atomic mass is 10.2. The fourth-order valence-corrected chi connectivity index (χ4v) is 2.42. The fraction of sp³-hybridized carbons (Fsp3) is 0.250. The van der Waals surface area contributed by atoms with Crippen LogP contribution in [-0.2, 0) is 13.0 Å². The molecular weight excluding hydrogens is 288 g/mol. The van der Waals surface area contributed by atoms with Crippen molar-refractivity contribution >= 4 is 22.7 Å². The Balaban J connectivity index is 2.23. The molecule has 1 aromatic carbocycles. The molecule has 1 heterocycles. The average Bonchev–Trinajstić information content (AvgIpc) is 2.88. The summed E-state index contributed by atoms with van der Waals surface area (Å²) in [5, 5.41) is 14.0. The third-order valence-electron chi connectivity index (χ3n) is 2.64. The highest BCUT2D eigenvalue weighted by Gasteiger charge is 2.21. The van der Waals surface area contributed by atoms with E-state index < -0.39 is 27.9 Å². The first-order valence-electron chi connectivity index (χ1n) is 5.82. The Labute approximate surface area is 117 Å². The van der Waals surface area contributed by atoms with Crippen molar-refractivity contribution in [2.75, 3.05) is 5.32 Å². The van der Waals surface area contributed by atoms with Crippen molar-refractivity contribution < 1.29 is 13.7 Å². The second-order valence-corrected chi connectivity index (χ2v) is 5.14. The van der Waals surface area contributed by atoms with Crippen molar-refractivity contribution in [1.82, 2.24) is 4.98 Å². The van der Waals surface area contributed by atoms with Gasteiger partial charge in [-0.1, -0.05) is 6.92 Å². The minimum absolute atomic E-state index is 0.103. The van der Waals surface area contributed by atoms with E-state index in [9.17, 15) is 18.9 Å². The largest absolute Gasteiger partial charge is 0.370 e. The first kappa shape index (κ1) is 14.3. The number of hydrogen-bond acceptors (Lipinski definition) is 5. The standard InChI is InChI=1S/C12H11F2N3O2S/c1-2-7-5-15-10(20-7)6-16-12-9(17(18)19)4-3-8(13)11(12)14/h3-5,16H,2,6H2,1H3. The van der Waals surface area contributed by atoms with Crippen molar-refractivity contribution in [2.24, 2.45) is 0 Å². The monoisotopic (exact) mass is 299 g/mol. The van der Waals surface area contributed by atoms with Crippen LogP contribution in [0.5, 0.6) is 0 Å². The lowest BCUT2D eigenvalue weighted by molar-refractivity contribution is -0.384. The quantitative estimate of drug-likeness (QED) is 0.677. The molecule has 0 fully saturated rings. The summed E-state index contributed by atoms with van der Waals surface area (Å²) in [4.78, 5) is 15.2. The van der Waals surface area contributed by atoms with Gasteiger partial charge in [0.1, 0.15) is 5.01 Å². The van der Waals surface area contributed by atoms with Crippen molar-refractivity contribution in [3.63, 3.8) is 0 Å². The molecule has 0 unspecified atom stereocenters. The Morgan fingerprint density at radius 3 is 2.80 bits per heavy atom. The number of rotatable bonds is 5. The molecule has 8 heteroatoms. The molecular formula is C12H11F2N3O2S. The molecule has 0 spiro atoms. The van der Waals surface area contributed by atoms with Gasteiger partial charge >= 0.3 is 0 Å². The number of nitrogens with zero attached hydrogens (tertiary/aromatic N) is 2. The third-order valence-corrected chi connectivity index (χ3v) is 3.78. The number of anilines is 1. The van der Waals surface area contributed by atoms with E-state index in [4.69, 9.17) is 0 Å². The number of halogens is 2. The van der Waals surface area contributed by atoms with Gasteiger partial charge in [0, 0.05) is 17.1 Å². The van der Waals surface area contributed by atoms with Crippen molar-refractivity contribution in [3.8, 4) is 0 Å². The average molecular weight is 299 g/mol. The molecule has 5 nitrogen and oxygen atoms in total. The minimum Gasteiger partial charge on any atom is -0.370 e. The predicted octanol–water partition coefficient (Wildman–Crippen LogP) is 3.50. The van der Waals surface area contributed by atoms with Gasteiger partial charge in [-0.25, -0.2) is 13.8 Å².